The number of thioether (sulfide) groups is 1. The Morgan fingerprint density at radius 2 is 1.77 bits per heavy atom. The second-order valence-corrected chi connectivity index (χ2v) is 6.35. The highest BCUT2D eigenvalue weighted by Gasteiger charge is 2.20. The van der Waals surface area contributed by atoms with Crippen LogP contribution in [0, 0.1) is 0 Å². The van der Waals surface area contributed by atoms with Gasteiger partial charge in [-0.15, -0.1) is 11.8 Å². The molecule has 7 heteroatoms. The van der Waals surface area contributed by atoms with Gasteiger partial charge in [-0.3, -0.25) is 9.59 Å². The molecule has 2 aromatic rings. The SMILES string of the molecule is CSc1ccccc1NC(=O)[C@H](C)OC(=O)c1cccc(NC(C)=O)c1. The molecule has 0 bridgehead atoms. The predicted molar refractivity (Wildman–Crippen MR) is 102 cm³/mol. The van der Waals surface area contributed by atoms with Crippen molar-refractivity contribution in [2.75, 3.05) is 16.9 Å². The first-order valence-electron chi connectivity index (χ1n) is 7.93. The molecular formula is C19H20N2O4S. The van der Waals surface area contributed by atoms with Gasteiger partial charge in [0.2, 0.25) is 5.91 Å². The number of ether oxygens (including phenoxy) is 1. The van der Waals surface area contributed by atoms with Crippen LogP contribution in [-0.2, 0) is 14.3 Å². The molecule has 136 valence electrons. The lowest BCUT2D eigenvalue weighted by atomic mass is 10.2. The standard InChI is InChI=1S/C19H20N2O4S/c1-12(18(23)21-16-9-4-5-10-17(16)26-3)25-19(24)14-7-6-8-15(11-14)20-13(2)22/h4-12H,1-3H3,(H,20,22)(H,21,23)/t12-/m0/s1. The van der Waals surface area contributed by atoms with Gasteiger partial charge in [0.25, 0.3) is 5.91 Å². The number of para-hydroxylation sites is 1. The zero-order chi connectivity index (χ0) is 19.1. The van der Waals surface area contributed by atoms with Gasteiger partial charge in [-0.25, -0.2) is 4.79 Å². The Bertz CT molecular complexity index is 823. The number of carbonyl (C=O) groups is 3. The molecule has 0 heterocycles. The van der Waals surface area contributed by atoms with Crippen LogP contribution in [0.1, 0.15) is 24.2 Å². The number of nitrogens with one attached hydrogen (secondary N) is 2. The third-order valence-corrected chi connectivity index (χ3v) is 4.23. The molecule has 26 heavy (non-hydrogen) atoms. The summed E-state index contributed by atoms with van der Waals surface area (Å²) in [4.78, 5) is 36.6. The van der Waals surface area contributed by atoms with E-state index in [9.17, 15) is 14.4 Å². The molecule has 0 saturated carbocycles. The molecule has 0 fully saturated rings. The Labute approximate surface area is 156 Å². The Morgan fingerprint density at radius 3 is 2.46 bits per heavy atom. The fraction of sp³-hybridized carbons (Fsp3) is 0.211. The van der Waals surface area contributed by atoms with Crippen molar-refractivity contribution in [2.24, 2.45) is 0 Å². The van der Waals surface area contributed by atoms with Crippen molar-refractivity contribution in [3.63, 3.8) is 0 Å². The molecule has 0 aliphatic heterocycles. The van der Waals surface area contributed by atoms with Crippen LogP contribution in [0.2, 0.25) is 0 Å². The second-order valence-electron chi connectivity index (χ2n) is 5.50. The van der Waals surface area contributed by atoms with Crippen molar-refractivity contribution < 1.29 is 19.1 Å². The third kappa shape index (κ3) is 5.35. The van der Waals surface area contributed by atoms with E-state index in [0.717, 1.165) is 4.90 Å². The maximum absolute atomic E-state index is 12.3. The van der Waals surface area contributed by atoms with Crippen molar-refractivity contribution in [3.8, 4) is 0 Å². The number of carbonyl (C=O) groups excluding carboxylic acids is 3. The first-order chi connectivity index (χ1) is 12.4. The van der Waals surface area contributed by atoms with Crippen LogP contribution >= 0.6 is 11.8 Å². The molecule has 0 radical (unpaired) electrons. The molecule has 1 atom stereocenters. The lowest BCUT2D eigenvalue weighted by Gasteiger charge is -2.15. The highest BCUT2D eigenvalue weighted by Crippen LogP contribution is 2.24. The van der Waals surface area contributed by atoms with E-state index in [4.69, 9.17) is 4.74 Å². The average Bonchev–Trinajstić information content (AvgIpc) is 2.61. The highest BCUT2D eigenvalue weighted by atomic mass is 32.2. The van der Waals surface area contributed by atoms with Crippen LogP contribution in [-0.4, -0.2) is 30.1 Å². The first kappa shape index (κ1) is 19.5. The quantitative estimate of drug-likeness (QED) is 0.598. The van der Waals surface area contributed by atoms with Crippen LogP contribution in [0.5, 0.6) is 0 Å². The Kier molecular flexibility index (Phi) is 6.80. The second kappa shape index (κ2) is 9.05. The highest BCUT2D eigenvalue weighted by molar-refractivity contribution is 7.98. The molecule has 6 nitrogen and oxygen atoms in total. The van der Waals surface area contributed by atoms with Crippen molar-refractivity contribution in [2.45, 2.75) is 24.8 Å². The van der Waals surface area contributed by atoms with Crippen molar-refractivity contribution in [3.05, 3.63) is 54.1 Å². The summed E-state index contributed by atoms with van der Waals surface area (Å²) in [6, 6.07) is 13.7. The van der Waals surface area contributed by atoms with Crippen LogP contribution < -0.4 is 10.6 Å². The number of hydrogen-bond acceptors (Lipinski definition) is 5. The van der Waals surface area contributed by atoms with Gasteiger partial charge in [0.1, 0.15) is 0 Å². The zero-order valence-corrected chi connectivity index (χ0v) is 15.6. The largest absolute Gasteiger partial charge is 0.449 e. The Balaban J connectivity index is 2.02. The van der Waals surface area contributed by atoms with E-state index in [1.54, 1.807) is 24.3 Å². The molecule has 2 rings (SSSR count). The minimum Gasteiger partial charge on any atom is -0.449 e. The van der Waals surface area contributed by atoms with E-state index in [-0.39, 0.29) is 11.5 Å². The fourth-order valence-electron chi connectivity index (χ4n) is 2.19. The van der Waals surface area contributed by atoms with E-state index in [0.29, 0.717) is 11.4 Å². The number of benzene rings is 2. The van der Waals surface area contributed by atoms with E-state index in [1.807, 2.05) is 24.5 Å². The van der Waals surface area contributed by atoms with E-state index in [2.05, 4.69) is 10.6 Å². The van der Waals surface area contributed by atoms with Gasteiger partial charge in [-0.2, -0.15) is 0 Å². The lowest BCUT2D eigenvalue weighted by molar-refractivity contribution is -0.123. The van der Waals surface area contributed by atoms with Crippen molar-refractivity contribution in [1.82, 2.24) is 0 Å². The average molecular weight is 372 g/mol. The van der Waals surface area contributed by atoms with Crippen molar-refractivity contribution >= 4 is 40.9 Å². The summed E-state index contributed by atoms with van der Waals surface area (Å²) in [6.45, 7) is 2.89. The van der Waals surface area contributed by atoms with Crippen LogP contribution in [0.15, 0.2) is 53.4 Å². The molecule has 0 aliphatic rings. The predicted octanol–water partition coefficient (Wildman–Crippen LogP) is 3.55. The monoisotopic (exact) mass is 372 g/mol. The topological polar surface area (TPSA) is 84.5 Å². The number of rotatable bonds is 6. The molecule has 2 amide bonds. The van der Waals surface area contributed by atoms with Gasteiger partial charge in [0, 0.05) is 17.5 Å². The number of amides is 2. The number of esters is 1. The molecule has 0 aromatic heterocycles. The van der Waals surface area contributed by atoms with Crippen LogP contribution in [0.3, 0.4) is 0 Å². The number of hydrogen-bond donors (Lipinski definition) is 2. The molecule has 0 saturated heterocycles. The molecule has 0 unspecified atom stereocenters. The maximum Gasteiger partial charge on any atom is 0.338 e. The Morgan fingerprint density at radius 1 is 1.04 bits per heavy atom. The van der Waals surface area contributed by atoms with E-state index < -0.39 is 18.0 Å². The molecule has 2 N–H and O–H groups in total. The summed E-state index contributed by atoms with van der Waals surface area (Å²) in [5.74, 6) is -1.30. The summed E-state index contributed by atoms with van der Waals surface area (Å²) in [6.07, 6.45) is 0.943. The fourth-order valence-corrected chi connectivity index (χ4v) is 2.75. The Hall–Kier alpha value is -2.80. The molecular weight excluding hydrogens is 352 g/mol. The lowest BCUT2D eigenvalue weighted by Crippen LogP contribution is -2.30. The van der Waals surface area contributed by atoms with E-state index in [1.165, 1.54) is 31.7 Å². The zero-order valence-electron chi connectivity index (χ0n) is 14.7. The summed E-state index contributed by atoms with van der Waals surface area (Å²) in [5, 5.41) is 5.35. The normalized spacial score (nSPS) is 11.3. The smallest absolute Gasteiger partial charge is 0.338 e. The number of anilines is 2. The summed E-state index contributed by atoms with van der Waals surface area (Å²) in [5.41, 5.74) is 1.40. The van der Waals surface area contributed by atoms with Gasteiger partial charge in [0.05, 0.1) is 11.3 Å². The molecule has 0 aliphatic carbocycles. The van der Waals surface area contributed by atoms with Gasteiger partial charge in [-0.05, 0) is 43.5 Å². The van der Waals surface area contributed by atoms with Crippen molar-refractivity contribution in [1.29, 1.82) is 0 Å². The van der Waals surface area contributed by atoms with Crippen LogP contribution in [0.25, 0.3) is 0 Å². The minimum atomic E-state index is -0.971. The third-order valence-electron chi connectivity index (χ3n) is 3.44. The van der Waals surface area contributed by atoms with Gasteiger partial charge in [0.15, 0.2) is 6.10 Å². The first-order valence-corrected chi connectivity index (χ1v) is 9.15. The van der Waals surface area contributed by atoms with Gasteiger partial charge >= 0.3 is 5.97 Å². The summed E-state index contributed by atoms with van der Waals surface area (Å²) in [7, 11) is 0. The maximum atomic E-state index is 12.3. The van der Waals surface area contributed by atoms with E-state index >= 15 is 0 Å². The summed E-state index contributed by atoms with van der Waals surface area (Å²) < 4.78 is 5.23. The van der Waals surface area contributed by atoms with Gasteiger partial charge < -0.3 is 15.4 Å². The molecule has 0 spiro atoms. The minimum absolute atomic E-state index is 0.240. The molecule has 2 aromatic carbocycles. The van der Waals surface area contributed by atoms with Gasteiger partial charge in [-0.1, -0.05) is 18.2 Å². The summed E-state index contributed by atoms with van der Waals surface area (Å²) >= 11 is 1.51. The van der Waals surface area contributed by atoms with Crippen LogP contribution in [0.4, 0.5) is 11.4 Å².